The number of epoxide rings is 1. The quantitative estimate of drug-likeness (QED) is 0.554. The minimum atomic E-state index is 0.267. The Morgan fingerprint density at radius 1 is 1.00 bits per heavy atom. The van der Waals surface area contributed by atoms with Crippen LogP contribution in [-0.4, -0.2) is 17.5 Å². The van der Waals surface area contributed by atoms with Crippen LogP contribution in [0, 0.1) is 23.2 Å². The molecule has 15 heavy (non-hydrogen) atoms. The number of hydrogen-bond acceptors (Lipinski definition) is 1. The van der Waals surface area contributed by atoms with E-state index < -0.39 is 0 Å². The number of rotatable bonds is 2. The summed E-state index contributed by atoms with van der Waals surface area (Å²) in [5, 5.41) is 1.08. The van der Waals surface area contributed by atoms with Crippen LogP contribution in [0.15, 0.2) is 0 Å². The normalized spacial score (nSPS) is 61.0. The molecule has 5 aliphatic rings. The Morgan fingerprint density at radius 3 is 1.80 bits per heavy atom. The van der Waals surface area contributed by atoms with Crippen LogP contribution in [-0.2, 0) is 4.74 Å². The maximum Gasteiger partial charge on any atom is 0.107 e. The SMILES string of the molecule is BrCC1(C23CC4CC(CC(C4)C2)C3)CO1. The van der Waals surface area contributed by atoms with E-state index >= 15 is 0 Å². The molecule has 5 fully saturated rings. The van der Waals surface area contributed by atoms with E-state index in [0.717, 1.165) is 29.7 Å². The summed E-state index contributed by atoms with van der Waals surface area (Å²) >= 11 is 3.70. The van der Waals surface area contributed by atoms with Crippen LogP contribution in [0.3, 0.4) is 0 Å². The van der Waals surface area contributed by atoms with Gasteiger partial charge in [-0.25, -0.2) is 0 Å². The summed E-state index contributed by atoms with van der Waals surface area (Å²) in [5.74, 6) is 3.16. The maximum absolute atomic E-state index is 5.88. The molecule has 1 atom stereocenters. The summed E-state index contributed by atoms with van der Waals surface area (Å²) in [6, 6.07) is 0. The van der Waals surface area contributed by atoms with E-state index in [1.54, 1.807) is 0 Å². The lowest BCUT2D eigenvalue weighted by Crippen LogP contribution is -2.54. The fourth-order valence-electron chi connectivity index (χ4n) is 5.28. The molecule has 1 nitrogen and oxygen atoms in total. The van der Waals surface area contributed by atoms with E-state index in [1.165, 1.54) is 38.5 Å². The third-order valence-corrected chi connectivity index (χ3v) is 6.62. The average molecular weight is 271 g/mol. The van der Waals surface area contributed by atoms with Crippen LogP contribution in [0.1, 0.15) is 38.5 Å². The monoisotopic (exact) mass is 270 g/mol. The third kappa shape index (κ3) is 1.13. The molecule has 1 unspecified atom stereocenters. The Labute approximate surface area is 100 Å². The minimum Gasteiger partial charge on any atom is -0.368 e. The number of alkyl halides is 1. The Hall–Kier alpha value is 0.440. The van der Waals surface area contributed by atoms with Crippen LogP contribution < -0.4 is 0 Å². The molecular formula is C13H19BrO. The van der Waals surface area contributed by atoms with Gasteiger partial charge in [-0.3, -0.25) is 0 Å². The second-order valence-electron chi connectivity index (χ2n) is 6.61. The molecule has 0 N–H and O–H groups in total. The molecule has 5 rings (SSSR count). The smallest absolute Gasteiger partial charge is 0.107 e. The highest BCUT2D eigenvalue weighted by Gasteiger charge is 2.66. The van der Waals surface area contributed by atoms with Gasteiger partial charge in [0.25, 0.3) is 0 Å². The first-order valence-electron chi connectivity index (χ1n) is 6.45. The molecule has 0 amide bonds. The molecule has 0 aromatic carbocycles. The van der Waals surface area contributed by atoms with Crippen molar-refractivity contribution in [3.63, 3.8) is 0 Å². The largest absolute Gasteiger partial charge is 0.368 e. The fraction of sp³-hybridized carbons (Fsp3) is 1.00. The zero-order chi connectivity index (χ0) is 10.1. The molecule has 1 heterocycles. The standard InChI is InChI=1S/C13H19BrO/c14-7-13(8-15-13)12-4-9-1-10(5-12)3-11(2-9)6-12/h9-11H,1-8H2. The Morgan fingerprint density at radius 2 is 1.47 bits per heavy atom. The molecule has 4 saturated carbocycles. The topological polar surface area (TPSA) is 12.5 Å². The number of hydrogen-bond donors (Lipinski definition) is 0. The first kappa shape index (κ1) is 9.47. The van der Waals surface area contributed by atoms with Crippen molar-refractivity contribution < 1.29 is 4.74 Å². The van der Waals surface area contributed by atoms with E-state index in [0.29, 0.717) is 5.41 Å². The molecular weight excluding hydrogens is 252 g/mol. The summed E-state index contributed by atoms with van der Waals surface area (Å²) in [6.07, 6.45) is 9.05. The Bertz CT molecular complexity index is 260. The zero-order valence-corrected chi connectivity index (χ0v) is 10.8. The second kappa shape index (κ2) is 2.81. The van der Waals surface area contributed by atoms with Crippen LogP contribution in [0.5, 0.6) is 0 Å². The highest BCUT2D eigenvalue weighted by Crippen LogP contribution is 2.67. The summed E-state index contributed by atoms with van der Waals surface area (Å²) in [6.45, 7) is 1.03. The minimum absolute atomic E-state index is 0.267. The van der Waals surface area contributed by atoms with Gasteiger partial charge in [-0.1, -0.05) is 15.9 Å². The molecule has 1 saturated heterocycles. The first-order valence-corrected chi connectivity index (χ1v) is 7.57. The van der Waals surface area contributed by atoms with E-state index in [4.69, 9.17) is 4.74 Å². The van der Waals surface area contributed by atoms with Gasteiger partial charge in [0, 0.05) is 10.7 Å². The predicted octanol–water partition coefficient (Wildman–Crippen LogP) is 3.37. The number of ether oxygens (including phenoxy) is 1. The van der Waals surface area contributed by atoms with Crippen molar-refractivity contribution in [1.29, 1.82) is 0 Å². The van der Waals surface area contributed by atoms with Crippen LogP contribution in [0.25, 0.3) is 0 Å². The fourth-order valence-corrected chi connectivity index (χ4v) is 6.20. The Balaban J connectivity index is 1.72. The summed E-state index contributed by atoms with van der Waals surface area (Å²) in [5.41, 5.74) is 0.855. The van der Waals surface area contributed by atoms with E-state index in [2.05, 4.69) is 15.9 Å². The molecule has 84 valence electrons. The lowest BCUT2D eigenvalue weighted by molar-refractivity contribution is -0.0909. The van der Waals surface area contributed by atoms with Gasteiger partial charge in [-0.15, -0.1) is 0 Å². The van der Waals surface area contributed by atoms with Gasteiger partial charge in [0.1, 0.15) is 5.60 Å². The van der Waals surface area contributed by atoms with E-state index in [-0.39, 0.29) is 5.60 Å². The van der Waals surface area contributed by atoms with Gasteiger partial charge in [-0.05, 0) is 56.3 Å². The maximum atomic E-state index is 5.88. The summed E-state index contributed by atoms with van der Waals surface area (Å²) in [4.78, 5) is 0. The van der Waals surface area contributed by atoms with Crippen molar-refractivity contribution >= 4 is 15.9 Å². The van der Waals surface area contributed by atoms with Crippen LogP contribution in [0.4, 0.5) is 0 Å². The summed E-state index contributed by atoms with van der Waals surface area (Å²) in [7, 11) is 0. The predicted molar refractivity (Wildman–Crippen MR) is 63.1 cm³/mol. The molecule has 0 spiro atoms. The van der Waals surface area contributed by atoms with Crippen molar-refractivity contribution in [2.45, 2.75) is 44.1 Å². The van der Waals surface area contributed by atoms with Crippen molar-refractivity contribution in [3.05, 3.63) is 0 Å². The third-order valence-electron chi connectivity index (χ3n) is 5.71. The molecule has 1 aliphatic heterocycles. The molecule has 0 radical (unpaired) electrons. The summed E-state index contributed by atoms with van der Waals surface area (Å²) < 4.78 is 5.88. The van der Waals surface area contributed by atoms with Gasteiger partial charge >= 0.3 is 0 Å². The average Bonchev–Trinajstić information content (AvgIpc) is 2.95. The highest BCUT2D eigenvalue weighted by atomic mass is 79.9. The van der Waals surface area contributed by atoms with Gasteiger partial charge in [0.05, 0.1) is 6.61 Å². The molecule has 0 aromatic rings. The molecule has 4 bridgehead atoms. The highest BCUT2D eigenvalue weighted by molar-refractivity contribution is 9.09. The van der Waals surface area contributed by atoms with E-state index in [9.17, 15) is 0 Å². The van der Waals surface area contributed by atoms with E-state index in [1.807, 2.05) is 0 Å². The second-order valence-corrected chi connectivity index (χ2v) is 7.18. The molecule has 4 aliphatic carbocycles. The Kier molecular flexibility index (Phi) is 1.78. The van der Waals surface area contributed by atoms with Crippen LogP contribution in [0.2, 0.25) is 0 Å². The van der Waals surface area contributed by atoms with Crippen molar-refractivity contribution in [2.24, 2.45) is 23.2 Å². The lowest BCUT2D eigenvalue weighted by atomic mass is 9.46. The molecule has 0 aromatic heterocycles. The lowest BCUT2D eigenvalue weighted by Gasteiger charge is -2.58. The number of halogens is 1. The van der Waals surface area contributed by atoms with Gasteiger partial charge in [0.2, 0.25) is 0 Å². The van der Waals surface area contributed by atoms with Gasteiger partial charge < -0.3 is 4.74 Å². The van der Waals surface area contributed by atoms with Crippen molar-refractivity contribution in [2.75, 3.05) is 11.9 Å². The first-order chi connectivity index (χ1) is 7.25. The van der Waals surface area contributed by atoms with Gasteiger partial charge in [-0.2, -0.15) is 0 Å². The van der Waals surface area contributed by atoms with Crippen LogP contribution >= 0.6 is 15.9 Å². The molecule has 2 heteroatoms. The van der Waals surface area contributed by atoms with Crippen molar-refractivity contribution in [1.82, 2.24) is 0 Å². The van der Waals surface area contributed by atoms with Gasteiger partial charge in [0.15, 0.2) is 0 Å². The zero-order valence-electron chi connectivity index (χ0n) is 9.18. The van der Waals surface area contributed by atoms with Crippen molar-refractivity contribution in [3.8, 4) is 0 Å².